The zero-order valence-corrected chi connectivity index (χ0v) is 11.9. The van der Waals surface area contributed by atoms with E-state index < -0.39 is 0 Å². The standard InChI is InChI=1S/C15H29N2/c1-4-7-8-9-10-11-12-15-16(5-2)13-14-17(15)6-3/h13-14H,4-12H2,1-3H3/q+1. The number of hydrogen-bond acceptors (Lipinski definition) is 0. The van der Waals surface area contributed by atoms with E-state index in [0.29, 0.717) is 0 Å². The highest BCUT2D eigenvalue weighted by Gasteiger charge is 2.13. The number of aromatic nitrogens is 2. The quantitative estimate of drug-likeness (QED) is 0.457. The van der Waals surface area contributed by atoms with E-state index in [9.17, 15) is 0 Å². The Kier molecular flexibility index (Phi) is 6.99. The van der Waals surface area contributed by atoms with Crippen molar-refractivity contribution in [2.24, 2.45) is 0 Å². The van der Waals surface area contributed by atoms with E-state index in [4.69, 9.17) is 0 Å². The molecule has 2 heteroatoms. The lowest BCUT2D eigenvalue weighted by Crippen LogP contribution is -2.35. The summed E-state index contributed by atoms with van der Waals surface area (Å²) in [5, 5.41) is 0. The van der Waals surface area contributed by atoms with Crippen molar-refractivity contribution < 1.29 is 4.57 Å². The molecule has 0 saturated carbocycles. The van der Waals surface area contributed by atoms with Crippen molar-refractivity contribution in [3.8, 4) is 0 Å². The Hall–Kier alpha value is -0.790. The van der Waals surface area contributed by atoms with Gasteiger partial charge in [0.2, 0.25) is 0 Å². The lowest BCUT2D eigenvalue weighted by molar-refractivity contribution is -0.700. The van der Waals surface area contributed by atoms with Crippen molar-refractivity contribution in [2.45, 2.75) is 78.8 Å². The van der Waals surface area contributed by atoms with Crippen LogP contribution in [0.4, 0.5) is 0 Å². The van der Waals surface area contributed by atoms with Crippen LogP contribution in [0.5, 0.6) is 0 Å². The predicted octanol–water partition coefficient (Wildman–Crippen LogP) is 3.72. The van der Waals surface area contributed by atoms with Gasteiger partial charge in [0.05, 0.1) is 13.1 Å². The third-order valence-electron chi connectivity index (χ3n) is 3.52. The number of unbranched alkanes of at least 4 members (excludes halogenated alkanes) is 5. The molecule has 0 saturated heterocycles. The second kappa shape index (κ2) is 8.32. The molecule has 1 aromatic rings. The summed E-state index contributed by atoms with van der Waals surface area (Å²) in [6.45, 7) is 8.92. The number of rotatable bonds is 9. The van der Waals surface area contributed by atoms with Gasteiger partial charge in [-0.1, -0.05) is 39.0 Å². The predicted molar refractivity (Wildman–Crippen MR) is 73.1 cm³/mol. The van der Waals surface area contributed by atoms with Crippen LogP contribution >= 0.6 is 0 Å². The first-order valence-electron chi connectivity index (χ1n) is 7.40. The van der Waals surface area contributed by atoms with Crippen LogP contribution in [0.3, 0.4) is 0 Å². The van der Waals surface area contributed by atoms with Gasteiger partial charge < -0.3 is 0 Å². The molecule has 0 spiro atoms. The Morgan fingerprint density at radius 1 is 1.00 bits per heavy atom. The highest BCUT2D eigenvalue weighted by atomic mass is 15.1. The fourth-order valence-corrected chi connectivity index (χ4v) is 2.42. The van der Waals surface area contributed by atoms with Crippen LogP contribution in [0, 0.1) is 0 Å². The molecule has 1 rings (SSSR count). The number of hydrogen-bond donors (Lipinski definition) is 0. The molecule has 0 aliphatic carbocycles. The second-order valence-electron chi connectivity index (χ2n) is 4.80. The lowest BCUT2D eigenvalue weighted by Gasteiger charge is -2.03. The first-order chi connectivity index (χ1) is 8.33. The van der Waals surface area contributed by atoms with Gasteiger partial charge in [-0.3, -0.25) is 0 Å². The zero-order valence-electron chi connectivity index (χ0n) is 11.9. The van der Waals surface area contributed by atoms with Gasteiger partial charge in [0.15, 0.2) is 0 Å². The number of nitrogens with zero attached hydrogens (tertiary/aromatic N) is 2. The molecule has 2 nitrogen and oxygen atoms in total. The summed E-state index contributed by atoms with van der Waals surface area (Å²) < 4.78 is 4.77. The third kappa shape index (κ3) is 4.53. The summed E-state index contributed by atoms with van der Waals surface area (Å²) in [5.41, 5.74) is 0. The fourth-order valence-electron chi connectivity index (χ4n) is 2.42. The molecule has 17 heavy (non-hydrogen) atoms. The molecule has 0 fully saturated rings. The minimum Gasteiger partial charge on any atom is -0.235 e. The Bertz CT molecular complexity index is 280. The van der Waals surface area contributed by atoms with Crippen molar-refractivity contribution in [1.82, 2.24) is 4.57 Å². The van der Waals surface area contributed by atoms with Gasteiger partial charge in [-0.25, -0.2) is 9.13 Å². The van der Waals surface area contributed by atoms with E-state index in [-0.39, 0.29) is 0 Å². The van der Waals surface area contributed by atoms with Gasteiger partial charge >= 0.3 is 0 Å². The number of aryl methyl sites for hydroxylation is 2. The van der Waals surface area contributed by atoms with Crippen LogP contribution in [-0.4, -0.2) is 4.57 Å². The lowest BCUT2D eigenvalue weighted by atomic mass is 10.1. The highest BCUT2D eigenvalue weighted by molar-refractivity contribution is 4.83. The topological polar surface area (TPSA) is 8.81 Å². The monoisotopic (exact) mass is 237 g/mol. The van der Waals surface area contributed by atoms with E-state index in [0.717, 1.165) is 13.1 Å². The Morgan fingerprint density at radius 3 is 2.35 bits per heavy atom. The van der Waals surface area contributed by atoms with Gasteiger partial charge in [-0.05, 0) is 20.3 Å². The zero-order chi connectivity index (χ0) is 12.5. The van der Waals surface area contributed by atoms with Crippen molar-refractivity contribution in [2.75, 3.05) is 0 Å². The highest BCUT2D eigenvalue weighted by Crippen LogP contribution is 2.08. The summed E-state index contributed by atoms with van der Waals surface area (Å²) in [4.78, 5) is 0. The van der Waals surface area contributed by atoms with Gasteiger partial charge in [-0.15, -0.1) is 0 Å². The second-order valence-corrected chi connectivity index (χ2v) is 4.80. The summed E-state index contributed by atoms with van der Waals surface area (Å²) in [6, 6.07) is 0. The van der Waals surface area contributed by atoms with Gasteiger partial charge in [0, 0.05) is 6.42 Å². The van der Waals surface area contributed by atoms with E-state index in [1.807, 2.05) is 0 Å². The first-order valence-corrected chi connectivity index (χ1v) is 7.40. The molecule has 1 heterocycles. The smallest absolute Gasteiger partial charge is 0.235 e. The Balaban J connectivity index is 2.32. The molecule has 0 radical (unpaired) electrons. The molecular weight excluding hydrogens is 208 g/mol. The van der Waals surface area contributed by atoms with Crippen LogP contribution in [0.25, 0.3) is 0 Å². The van der Waals surface area contributed by atoms with Crippen LogP contribution in [0.2, 0.25) is 0 Å². The molecule has 0 unspecified atom stereocenters. The summed E-state index contributed by atoms with van der Waals surface area (Å²) in [7, 11) is 0. The van der Waals surface area contributed by atoms with Crippen LogP contribution in [0.15, 0.2) is 12.4 Å². The largest absolute Gasteiger partial charge is 0.256 e. The minimum absolute atomic E-state index is 1.10. The molecule has 0 aliphatic heterocycles. The molecule has 0 bridgehead atoms. The van der Waals surface area contributed by atoms with E-state index >= 15 is 0 Å². The van der Waals surface area contributed by atoms with Crippen molar-refractivity contribution >= 4 is 0 Å². The van der Waals surface area contributed by atoms with Crippen molar-refractivity contribution in [3.63, 3.8) is 0 Å². The Labute approximate surface area is 107 Å². The van der Waals surface area contributed by atoms with Gasteiger partial charge in [0.1, 0.15) is 12.4 Å². The van der Waals surface area contributed by atoms with Crippen LogP contribution in [-0.2, 0) is 19.5 Å². The molecule has 98 valence electrons. The summed E-state index contributed by atoms with van der Waals surface area (Å²) in [5.74, 6) is 1.51. The van der Waals surface area contributed by atoms with Crippen molar-refractivity contribution in [3.05, 3.63) is 18.2 Å². The van der Waals surface area contributed by atoms with Gasteiger partial charge in [0.25, 0.3) is 5.82 Å². The molecule has 0 atom stereocenters. The maximum Gasteiger partial charge on any atom is 0.256 e. The summed E-state index contributed by atoms with van der Waals surface area (Å²) in [6.07, 6.45) is 14.0. The SMILES string of the molecule is CCCCCCCCc1n(CC)cc[n+]1CC. The average molecular weight is 237 g/mol. The maximum absolute atomic E-state index is 2.38. The average Bonchev–Trinajstić information content (AvgIpc) is 2.75. The number of imidazole rings is 1. The van der Waals surface area contributed by atoms with E-state index in [1.54, 1.807) is 0 Å². The molecule has 1 aromatic heterocycles. The third-order valence-corrected chi connectivity index (χ3v) is 3.52. The fraction of sp³-hybridized carbons (Fsp3) is 0.800. The summed E-state index contributed by atoms with van der Waals surface area (Å²) >= 11 is 0. The van der Waals surface area contributed by atoms with Crippen molar-refractivity contribution in [1.29, 1.82) is 0 Å². The molecule has 0 aromatic carbocycles. The molecule has 0 aliphatic rings. The van der Waals surface area contributed by atoms with Crippen LogP contribution < -0.4 is 4.57 Å². The van der Waals surface area contributed by atoms with Gasteiger partial charge in [-0.2, -0.15) is 0 Å². The molecular formula is C15H29N2+. The normalized spacial score (nSPS) is 11.0. The molecule has 0 N–H and O–H groups in total. The van der Waals surface area contributed by atoms with Crippen LogP contribution in [0.1, 0.15) is 65.1 Å². The Morgan fingerprint density at radius 2 is 1.71 bits per heavy atom. The minimum atomic E-state index is 1.10. The van der Waals surface area contributed by atoms with E-state index in [1.165, 1.54) is 50.8 Å². The maximum atomic E-state index is 2.38. The van der Waals surface area contributed by atoms with E-state index in [2.05, 4.69) is 42.3 Å². The molecule has 0 amide bonds. The first kappa shape index (κ1) is 14.3.